The van der Waals surface area contributed by atoms with Crippen LogP contribution in [0.4, 0.5) is 22.4 Å². The summed E-state index contributed by atoms with van der Waals surface area (Å²) in [5, 5.41) is 2.67. The molecular formula is C16H19F4NO4. The van der Waals surface area contributed by atoms with Crippen LogP contribution in [-0.2, 0) is 4.74 Å². The van der Waals surface area contributed by atoms with Crippen molar-refractivity contribution in [2.75, 3.05) is 0 Å². The summed E-state index contributed by atoms with van der Waals surface area (Å²) >= 11 is 0. The second kappa shape index (κ2) is 6.97. The maximum Gasteiger partial charge on any atom is 0.573 e. The zero-order valence-corrected chi connectivity index (χ0v) is 13.9. The van der Waals surface area contributed by atoms with Crippen LogP contribution in [0.3, 0.4) is 0 Å². The zero-order valence-electron chi connectivity index (χ0n) is 13.9. The number of ether oxygens (including phenoxy) is 3. The highest BCUT2D eigenvalue weighted by molar-refractivity contribution is 5.68. The van der Waals surface area contributed by atoms with Gasteiger partial charge < -0.3 is 19.5 Å². The van der Waals surface area contributed by atoms with Crippen molar-refractivity contribution in [1.82, 2.24) is 5.32 Å². The Bertz CT molecular complexity index is 622. The van der Waals surface area contributed by atoms with Gasteiger partial charge in [0.15, 0.2) is 11.6 Å². The summed E-state index contributed by atoms with van der Waals surface area (Å²) in [6.45, 7) is 5.25. The van der Waals surface area contributed by atoms with Gasteiger partial charge in [-0.25, -0.2) is 9.18 Å². The molecule has 0 unspecified atom stereocenters. The van der Waals surface area contributed by atoms with Gasteiger partial charge in [0.1, 0.15) is 17.5 Å². The van der Waals surface area contributed by atoms with Crippen LogP contribution >= 0.6 is 0 Å². The molecule has 1 amide bonds. The first-order valence-corrected chi connectivity index (χ1v) is 7.63. The quantitative estimate of drug-likeness (QED) is 0.814. The standard InChI is InChI=1S/C16H19F4NO4/c1-15(2,3)25-14(22)21-9-6-11(7-9)23-10-4-5-13(12(17)8-10)24-16(18,19)20/h4-5,8-9,11H,6-7H2,1-3H3,(H,21,22). The summed E-state index contributed by atoms with van der Waals surface area (Å²) in [6, 6.07) is 2.75. The molecular weight excluding hydrogens is 346 g/mol. The van der Waals surface area contributed by atoms with Gasteiger partial charge in [-0.2, -0.15) is 0 Å². The first-order valence-electron chi connectivity index (χ1n) is 7.63. The second-order valence-electron chi connectivity index (χ2n) is 6.69. The lowest BCUT2D eigenvalue weighted by molar-refractivity contribution is -0.275. The van der Waals surface area contributed by atoms with Gasteiger partial charge in [-0.3, -0.25) is 0 Å². The Morgan fingerprint density at radius 3 is 2.36 bits per heavy atom. The topological polar surface area (TPSA) is 56.8 Å². The highest BCUT2D eigenvalue weighted by atomic mass is 19.4. The predicted molar refractivity (Wildman–Crippen MR) is 79.9 cm³/mol. The molecule has 0 saturated heterocycles. The maximum atomic E-state index is 13.6. The summed E-state index contributed by atoms with van der Waals surface area (Å²) in [4.78, 5) is 11.6. The maximum absolute atomic E-state index is 13.6. The van der Waals surface area contributed by atoms with Gasteiger partial charge in [-0.05, 0) is 32.9 Å². The summed E-state index contributed by atoms with van der Waals surface area (Å²) in [5.41, 5.74) is -0.596. The Morgan fingerprint density at radius 2 is 1.84 bits per heavy atom. The molecule has 1 aromatic carbocycles. The molecule has 1 fully saturated rings. The van der Waals surface area contributed by atoms with Gasteiger partial charge in [0.2, 0.25) is 0 Å². The fourth-order valence-corrected chi connectivity index (χ4v) is 2.21. The Hall–Kier alpha value is -2.19. The minimum atomic E-state index is -4.96. The van der Waals surface area contributed by atoms with E-state index in [1.165, 1.54) is 6.07 Å². The van der Waals surface area contributed by atoms with Crippen molar-refractivity contribution in [3.05, 3.63) is 24.0 Å². The molecule has 0 bridgehead atoms. The Labute approximate surface area is 142 Å². The summed E-state index contributed by atoms with van der Waals surface area (Å²) < 4.78 is 63.9. The van der Waals surface area contributed by atoms with E-state index in [1.54, 1.807) is 20.8 Å². The molecule has 9 heteroatoms. The number of carbonyl (C=O) groups excluding carboxylic acids is 1. The van der Waals surface area contributed by atoms with Gasteiger partial charge in [0.05, 0.1) is 0 Å². The second-order valence-corrected chi connectivity index (χ2v) is 6.69. The van der Waals surface area contributed by atoms with E-state index < -0.39 is 29.6 Å². The molecule has 1 aliphatic rings. The van der Waals surface area contributed by atoms with Crippen molar-refractivity contribution in [2.24, 2.45) is 0 Å². The number of alkyl carbamates (subject to hydrolysis) is 1. The van der Waals surface area contributed by atoms with E-state index in [0.29, 0.717) is 12.8 Å². The van der Waals surface area contributed by atoms with Crippen molar-refractivity contribution >= 4 is 6.09 Å². The van der Waals surface area contributed by atoms with E-state index in [2.05, 4.69) is 10.1 Å². The van der Waals surface area contributed by atoms with E-state index in [0.717, 1.165) is 12.1 Å². The van der Waals surface area contributed by atoms with E-state index in [1.807, 2.05) is 0 Å². The van der Waals surface area contributed by atoms with Gasteiger partial charge in [-0.1, -0.05) is 0 Å². The van der Waals surface area contributed by atoms with E-state index in [9.17, 15) is 22.4 Å². The Morgan fingerprint density at radius 1 is 1.20 bits per heavy atom. The number of nitrogens with one attached hydrogen (secondary N) is 1. The van der Waals surface area contributed by atoms with Crippen molar-refractivity contribution < 1.29 is 36.6 Å². The normalized spacial score (nSPS) is 20.4. The third-order valence-corrected chi connectivity index (χ3v) is 3.25. The number of alkyl halides is 3. The zero-order chi connectivity index (χ0) is 18.8. The van der Waals surface area contributed by atoms with E-state index in [4.69, 9.17) is 9.47 Å². The lowest BCUT2D eigenvalue weighted by Gasteiger charge is -2.36. The Kier molecular flexibility index (Phi) is 5.34. The molecule has 0 aromatic heterocycles. The fourth-order valence-electron chi connectivity index (χ4n) is 2.21. The average Bonchev–Trinajstić information content (AvgIpc) is 2.35. The molecule has 0 heterocycles. The number of halogens is 4. The molecule has 5 nitrogen and oxygen atoms in total. The lowest BCUT2D eigenvalue weighted by atomic mass is 9.89. The smallest absolute Gasteiger partial charge is 0.490 e. The van der Waals surface area contributed by atoms with Crippen molar-refractivity contribution in [3.8, 4) is 11.5 Å². The van der Waals surface area contributed by atoms with Crippen molar-refractivity contribution in [3.63, 3.8) is 0 Å². The molecule has 1 N–H and O–H groups in total. The monoisotopic (exact) mass is 365 g/mol. The van der Waals surface area contributed by atoms with Gasteiger partial charge in [0.25, 0.3) is 0 Å². The number of carbonyl (C=O) groups is 1. The number of hydrogen-bond acceptors (Lipinski definition) is 4. The number of amides is 1. The molecule has 0 radical (unpaired) electrons. The molecule has 140 valence electrons. The SMILES string of the molecule is CC(C)(C)OC(=O)NC1CC(Oc2ccc(OC(F)(F)F)c(F)c2)C1. The van der Waals surface area contributed by atoms with Gasteiger partial charge in [-0.15, -0.1) is 13.2 Å². The first-order chi connectivity index (χ1) is 11.4. The predicted octanol–water partition coefficient (Wildman–Crippen LogP) is 4.16. The van der Waals surface area contributed by atoms with Gasteiger partial charge >= 0.3 is 12.5 Å². The number of benzene rings is 1. The van der Waals surface area contributed by atoms with Crippen LogP contribution in [0.1, 0.15) is 33.6 Å². The number of hydrogen-bond donors (Lipinski definition) is 1. The van der Waals surface area contributed by atoms with Crippen LogP contribution in [-0.4, -0.2) is 30.2 Å². The Balaban J connectivity index is 1.79. The average molecular weight is 365 g/mol. The molecule has 1 saturated carbocycles. The molecule has 1 aliphatic carbocycles. The summed E-state index contributed by atoms with van der Waals surface area (Å²) in [5.74, 6) is -2.00. The minimum absolute atomic E-state index is 0.0905. The van der Waals surface area contributed by atoms with Crippen LogP contribution in [0.2, 0.25) is 0 Å². The largest absolute Gasteiger partial charge is 0.573 e. The molecule has 25 heavy (non-hydrogen) atoms. The molecule has 0 spiro atoms. The third kappa shape index (κ3) is 6.32. The molecule has 0 aliphatic heterocycles. The van der Waals surface area contributed by atoms with Crippen LogP contribution in [0.5, 0.6) is 11.5 Å². The molecule has 1 aromatic rings. The van der Waals surface area contributed by atoms with Crippen molar-refractivity contribution in [1.29, 1.82) is 0 Å². The van der Waals surface area contributed by atoms with Crippen molar-refractivity contribution in [2.45, 2.75) is 57.7 Å². The minimum Gasteiger partial charge on any atom is -0.490 e. The summed E-state index contributed by atoms with van der Waals surface area (Å²) in [7, 11) is 0. The van der Waals surface area contributed by atoms with Crippen LogP contribution < -0.4 is 14.8 Å². The summed E-state index contributed by atoms with van der Waals surface area (Å²) in [6.07, 6.45) is -4.79. The van der Waals surface area contributed by atoms with E-state index in [-0.39, 0.29) is 17.9 Å². The highest BCUT2D eigenvalue weighted by Gasteiger charge is 2.34. The van der Waals surface area contributed by atoms with Crippen LogP contribution in [0.25, 0.3) is 0 Å². The third-order valence-electron chi connectivity index (χ3n) is 3.25. The fraction of sp³-hybridized carbons (Fsp3) is 0.562. The molecule has 0 atom stereocenters. The van der Waals surface area contributed by atoms with Gasteiger partial charge in [0, 0.05) is 24.9 Å². The highest BCUT2D eigenvalue weighted by Crippen LogP contribution is 2.31. The first kappa shape index (κ1) is 19.1. The van der Waals surface area contributed by atoms with Crippen LogP contribution in [0, 0.1) is 5.82 Å². The van der Waals surface area contributed by atoms with Crippen LogP contribution in [0.15, 0.2) is 18.2 Å². The molecule has 2 rings (SSSR count). The van der Waals surface area contributed by atoms with E-state index >= 15 is 0 Å². The lowest BCUT2D eigenvalue weighted by Crippen LogP contribution is -2.50. The number of rotatable bonds is 4.